The van der Waals surface area contributed by atoms with E-state index in [1.54, 1.807) is 0 Å². The molecule has 0 radical (unpaired) electrons. The molecule has 12 heavy (non-hydrogen) atoms. The third-order valence-corrected chi connectivity index (χ3v) is 1.50. The average molecular weight is 172 g/mol. The Hall–Kier alpha value is -0.830. The number of esters is 1. The molecule has 0 atom stereocenters. The molecular weight excluding hydrogens is 156 g/mol. The number of ether oxygens (including phenoxy) is 1. The van der Waals surface area contributed by atoms with Crippen LogP contribution in [0.2, 0.25) is 0 Å². The number of rotatable bonds is 7. The minimum Gasteiger partial charge on any atom is -0.435 e. The zero-order chi connectivity index (χ0) is 9.23. The van der Waals surface area contributed by atoms with Crippen LogP contribution in [0, 0.1) is 0 Å². The molecule has 0 saturated heterocycles. The molecule has 0 spiro atoms. The van der Waals surface area contributed by atoms with Crippen molar-refractivity contribution in [2.75, 3.05) is 6.61 Å². The Bertz CT molecular complexity index is 132. The van der Waals surface area contributed by atoms with Crippen molar-refractivity contribution in [1.29, 1.82) is 0 Å². The molecule has 0 heterocycles. The van der Waals surface area contributed by atoms with Gasteiger partial charge in [-0.25, -0.2) is 0 Å². The van der Waals surface area contributed by atoms with Crippen LogP contribution in [0.25, 0.3) is 0 Å². The van der Waals surface area contributed by atoms with Crippen LogP contribution in [-0.2, 0) is 9.53 Å². The van der Waals surface area contributed by atoms with E-state index in [0.717, 1.165) is 31.9 Å². The third-order valence-electron chi connectivity index (χ3n) is 1.50. The molecule has 3 heteroatoms. The topological polar surface area (TPSA) is 46.5 Å². The Morgan fingerprint density at radius 1 is 1.33 bits per heavy atom. The van der Waals surface area contributed by atoms with Crippen LogP contribution in [0.4, 0.5) is 0 Å². The van der Waals surface area contributed by atoms with Gasteiger partial charge in [-0.1, -0.05) is 19.4 Å². The van der Waals surface area contributed by atoms with Gasteiger partial charge in [0.05, 0.1) is 6.26 Å². The second-order valence-corrected chi connectivity index (χ2v) is 2.54. The quantitative estimate of drug-likeness (QED) is 0.360. The smallest absolute Gasteiger partial charge is 0.310 e. The SMILES string of the molecule is C=COC(=O)CCCCCCO. The Morgan fingerprint density at radius 2 is 2.00 bits per heavy atom. The second-order valence-electron chi connectivity index (χ2n) is 2.54. The lowest BCUT2D eigenvalue weighted by Gasteiger charge is -1.98. The zero-order valence-electron chi connectivity index (χ0n) is 7.29. The molecule has 0 aromatic heterocycles. The van der Waals surface area contributed by atoms with Gasteiger partial charge in [0.25, 0.3) is 0 Å². The maximum absolute atomic E-state index is 10.7. The highest BCUT2D eigenvalue weighted by molar-refractivity contribution is 5.69. The van der Waals surface area contributed by atoms with E-state index >= 15 is 0 Å². The number of carbonyl (C=O) groups is 1. The first-order valence-corrected chi connectivity index (χ1v) is 4.22. The Labute approximate surface area is 73.0 Å². The van der Waals surface area contributed by atoms with Crippen LogP contribution < -0.4 is 0 Å². The van der Waals surface area contributed by atoms with Gasteiger partial charge >= 0.3 is 5.97 Å². The number of aliphatic hydroxyl groups excluding tert-OH is 1. The van der Waals surface area contributed by atoms with Gasteiger partial charge in [-0.15, -0.1) is 0 Å². The maximum Gasteiger partial charge on any atom is 0.310 e. The van der Waals surface area contributed by atoms with Crippen molar-refractivity contribution in [1.82, 2.24) is 0 Å². The van der Waals surface area contributed by atoms with E-state index < -0.39 is 0 Å². The lowest BCUT2D eigenvalue weighted by Crippen LogP contribution is -1.98. The van der Waals surface area contributed by atoms with E-state index in [2.05, 4.69) is 11.3 Å². The number of hydrogen-bond donors (Lipinski definition) is 1. The highest BCUT2D eigenvalue weighted by atomic mass is 16.5. The number of unbranched alkanes of at least 4 members (excludes halogenated alkanes) is 3. The van der Waals surface area contributed by atoms with E-state index in [9.17, 15) is 4.79 Å². The number of aliphatic hydroxyl groups is 1. The lowest BCUT2D eigenvalue weighted by molar-refractivity contribution is -0.138. The molecule has 70 valence electrons. The fourth-order valence-corrected chi connectivity index (χ4v) is 0.887. The fraction of sp³-hybridized carbons (Fsp3) is 0.667. The van der Waals surface area contributed by atoms with Crippen molar-refractivity contribution >= 4 is 5.97 Å². The predicted molar refractivity (Wildman–Crippen MR) is 46.5 cm³/mol. The van der Waals surface area contributed by atoms with Crippen LogP contribution in [-0.4, -0.2) is 17.7 Å². The second kappa shape index (κ2) is 8.27. The van der Waals surface area contributed by atoms with Crippen LogP contribution in [0.3, 0.4) is 0 Å². The van der Waals surface area contributed by atoms with E-state index in [0.29, 0.717) is 6.42 Å². The van der Waals surface area contributed by atoms with Crippen LogP contribution in [0.5, 0.6) is 0 Å². The average Bonchev–Trinajstić information content (AvgIpc) is 2.05. The summed E-state index contributed by atoms with van der Waals surface area (Å²) < 4.78 is 4.52. The normalized spacial score (nSPS) is 9.42. The minimum absolute atomic E-state index is 0.228. The summed E-state index contributed by atoms with van der Waals surface area (Å²) in [6.07, 6.45) is 5.17. The first kappa shape index (κ1) is 11.2. The molecule has 3 nitrogen and oxygen atoms in total. The molecular formula is C9H16O3. The molecule has 0 aromatic carbocycles. The van der Waals surface area contributed by atoms with Crippen molar-refractivity contribution < 1.29 is 14.6 Å². The summed E-state index contributed by atoms with van der Waals surface area (Å²) in [6, 6.07) is 0. The van der Waals surface area contributed by atoms with Gasteiger partial charge < -0.3 is 9.84 Å². The summed E-state index contributed by atoms with van der Waals surface area (Å²) in [5.41, 5.74) is 0. The van der Waals surface area contributed by atoms with E-state index in [1.807, 2.05) is 0 Å². The van der Waals surface area contributed by atoms with Gasteiger partial charge in [0.1, 0.15) is 0 Å². The standard InChI is InChI=1S/C9H16O3/c1-2-12-9(11)7-5-3-4-6-8-10/h2,10H,1,3-8H2. The highest BCUT2D eigenvalue weighted by Gasteiger charge is 1.99. The molecule has 0 bridgehead atoms. The monoisotopic (exact) mass is 172 g/mol. The Kier molecular flexibility index (Phi) is 7.70. The van der Waals surface area contributed by atoms with Crippen molar-refractivity contribution in [2.24, 2.45) is 0 Å². The summed E-state index contributed by atoms with van der Waals surface area (Å²) in [4.78, 5) is 10.7. The first-order chi connectivity index (χ1) is 5.81. The Balaban J connectivity index is 3.08. The number of hydrogen-bond acceptors (Lipinski definition) is 3. The van der Waals surface area contributed by atoms with Gasteiger partial charge in [-0.2, -0.15) is 0 Å². The third kappa shape index (κ3) is 7.28. The fourth-order valence-electron chi connectivity index (χ4n) is 0.887. The van der Waals surface area contributed by atoms with Crippen molar-refractivity contribution in [3.05, 3.63) is 12.8 Å². The number of carbonyl (C=O) groups excluding carboxylic acids is 1. The maximum atomic E-state index is 10.7. The van der Waals surface area contributed by atoms with Gasteiger partial charge in [0.15, 0.2) is 0 Å². The largest absolute Gasteiger partial charge is 0.435 e. The van der Waals surface area contributed by atoms with E-state index in [1.165, 1.54) is 0 Å². The Morgan fingerprint density at radius 3 is 2.58 bits per heavy atom. The summed E-state index contributed by atoms with van der Waals surface area (Å²) in [6.45, 7) is 3.52. The van der Waals surface area contributed by atoms with Gasteiger partial charge in [-0.3, -0.25) is 4.79 Å². The first-order valence-electron chi connectivity index (χ1n) is 4.22. The van der Waals surface area contributed by atoms with Gasteiger partial charge in [0.2, 0.25) is 0 Å². The van der Waals surface area contributed by atoms with Crippen LogP contribution in [0.15, 0.2) is 12.8 Å². The van der Waals surface area contributed by atoms with Crippen molar-refractivity contribution in [2.45, 2.75) is 32.1 Å². The predicted octanol–water partition coefficient (Wildman–Crippen LogP) is 1.62. The molecule has 0 rings (SSSR count). The molecule has 1 N–H and O–H groups in total. The van der Waals surface area contributed by atoms with Gasteiger partial charge in [-0.05, 0) is 12.8 Å². The molecule has 0 unspecified atom stereocenters. The molecule has 0 aromatic rings. The molecule has 0 fully saturated rings. The summed E-state index contributed by atoms with van der Waals surface area (Å²) in [5.74, 6) is -0.228. The highest BCUT2D eigenvalue weighted by Crippen LogP contribution is 2.03. The molecule has 0 amide bonds. The summed E-state index contributed by atoms with van der Waals surface area (Å²) >= 11 is 0. The molecule has 0 aliphatic rings. The molecule has 0 aliphatic carbocycles. The molecule has 0 saturated carbocycles. The van der Waals surface area contributed by atoms with Crippen molar-refractivity contribution in [3.63, 3.8) is 0 Å². The summed E-state index contributed by atoms with van der Waals surface area (Å²) in [7, 11) is 0. The minimum atomic E-state index is -0.228. The van der Waals surface area contributed by atoms with E-state index in [4.69, 9.17) is 5.11 Å². The molecule has 0 aliphatic heterocycles. The lowest BCUT2D eigenvalue weighted by atomic mass is 10.1. The van der Waals surface area contributed by atoms with Crippen molar-refractivity contribution in [3.8, 4) is 0 Å². The van der Waals surface area contributed by atoms with E-state index in [-0.39, 0.29) is 12.6 Å². The zero-order valence-corrected chi connectivity index (χ0v) is 7.29. The summed E-state index contributed by atoms with van der Waals surface area (Å²) in [5, 5.41) is 8.45. The van der Waals surface area contributed by atoms with Crippen LogP contribution in [0.1, 0.15) is 32.1 Å². The van der Waals surface area contributed by atoms with Gasteiger partial charge in [0, 0.05) is 13.0 Å². The van der Waals surface area contributed by atoms with Crippen LogP contribution >= 0.6 is 0 Å².